The van der Waals surface area contributed by atoms with Crippen molar-refractivity contribution in [2.24, 2.45) is 7.05 Å². The summed E-state index contributed by atoms with van der Waals surface area (Å²) in [7, 11) is 1.67. The zero-order chi connectivity index (χ0) is 12.7. The molecule has 0 aliphatic heterocycles. The number of phenolic OH excluding ortho intramolecular Hbond substituents is 1. The number of nitrogen functional groups attached to an aromatic ring is 1. The number of rotatable bonds is 1. The molecule has 0 bridgehead atoms. The Bertz CT molecular complexity index is 595. The Morgan fingerprint density at radius 1 is 1.47 bits per heavy atom. The van der Waals surface area contributed by atoms with Crippen molar-refractivity contribution >= 4 is 21.7 Å². The number of nitrogens with zero attached hydrogens (tertiary/aromatic N) is 2. The van der Waals surface area contributed by atoms with E-state index in [1.165, 1.54) is 10.9 Å². The van der Waals surface area contributed by atoms with Gasteiger partial charge in [0.15, 0.2) is 11.6 Å². The molecule has 0 amide bonds. The highest BCUT2D eigenvalue weighted by Gasteiger charge is 2.18. The quantitative estimate of drug-likeness (QED) is 0.851. The summed E-state index contributed by atoms with van der Waals surface area (Å²) in [6.45, 7) is 1.76. The van der Waals surface area contributed by atoms with Gasteiger partial charge >= 0.3 is 0 Å². The molecular formula is C11H11BrFN3O. The maximum Gasteiger partial charge on any atom is 0.174 e. The molecule has 6 heteroatoms. The first kappa shape index (κ1) is 11.9. The Kier molecular flexibility index (Phi) is 2.82. The molecule has 0 saturated carbocycles. The van der Waals surface area contributed by atoms with E-state index in [0.29, 0.717) is 15.9 Å². The van der Waals surface area contributed by atoms with Crippen LogP contribution in [0.5, 0.6) is 5.75 Å². The molecule has 2 rings (SSSR count). The predicted octanol–water partition coefficient (Wildman–Crippen LogP) is 2.58. The number of aromatic hydroxyl groups is 1. The third-order valence-corrected chi connectivity index (χ3v) is 3.64. The highest BCUT2D eigenvalue weighted by molar-refractivity contribution is 9.10. The van der Waals surface area contributed by atoms with Gasteiger partial charge in [0.2, 0.25) is 0 Å². The molecular weight excluding hydrogens is 289 g/mol. The molecule has 0 radical (unpaired) electrons. The first-order valence-electron chi connectivity index (χ1n) is 4.89. The maximum absolute atomic E-state index is 13.9. The van der Waals surface area contributed by atoms with Crippen LogP contribution >= 0.6 is 15.9 Å². The molecule has 0 aliphatic carbocycles. The summed E-state index contributed by atoms with van der Waals surface area (Å²) >= 11 is 3.12. The fourth-order valence-electron chi connectivity index (χ4n) is 1.60. The van der Waals surface area contributed by atoms with Crippen LogP contribution in [0.25, 0.3) is 11.1 Å². The standard InChI is InChI=1S/C11H11BrFN3O/c1-5-3-6(9(13)10(17)8(5)12)7-4-15-16(2)11(7)14/h3-4,17H,14H2,1-2H3. The van der Waals surface area contributed by atoms with Gasteiger partial charge in [0.25, 0.3) is 0 Å². The van der Waals surface area contributed by atoms with Gasteiger partial charge in [-0.05, 0) is 34.5 Å². The van der Waals surface area contributed by atoms with Gasteiger partial charge in [-0.15, -0.1) is 0 Å². The number of benzene rings is 1. The molecule has 1 heterocycles. The van der Waals surface area contributed by atoms with Gasteiger partial charge in [-0.25, -0.2) is 4.39 Å². The lowest BCUT2D eigenvalue weighted by Gasteiger charge is -2.08. The van der Waals surface area contributed by atoms with Crippen molar-refractivity contribution < 1.29 is 9.50 Å². The van der Waals surface area contributed by atoms with Crippen LogP contribution in [0, 0.1) is 12.7 Å². The smallest absolute Gasteiger partial charge is 0.174 e. The Hall–Kier alpha value is -1.56. The van der Waals surface area contributed by atoms with Crippen LogP contribution in [-0.4, -0.2) is 14.9 Å². The van der Waals surface area contributed by atoms with Gasteiger partial charge in [-0.2, -0.15) is 5.10 Å². The Labute approximate surface area is 106 Å². The van der Waals surface area contributed by atoms with Gasteiger partial charge in [0, 0.05) is 18.2 Å². The molecule has 0 fully saturated rings. The highest BCUT2D eigenvalue weighted by Crippen LogP contribution is 2.38. The summed E-state index contributed by atoms with van der Waals surface area (Å²) < 4.78 is 15.7. The first-order chi connectivity index (χ1) is 7.93. The minimum atomic E-state index is -0.706. The van der Waals surface area contributed by atoms with Crippen LogP contribution in [0.15, 0.2) is 16.7 Å². The lowest BCUT2D eigenvalue weighted by molar-refractivity contribution is 0.430. The third kappa shape index (κ3) is 1.78. The predicted molar refractivity (Wildman–Crippen MR) is 67.1 cm³/mol. The van der Waals surface area contributed by atoms with Crippen LogP contribution in [-0.2, 0) is 7.05 Å². The highest BCUT2D eigenvalue weighted by atomic mass is 79.9. The maximum atomic E-state index is 13.9. The van der Waals surface area contributed by atoms with Crippen LogP contribution < -0.4 is 5.73 Å². The molecule has 17 heavy (non-hydrogen) atoms. The normalized spacial score (nSPS) is 10.8. The molecule has 0 atom stereocenters. The number of nitrogens with two attached hydrogens (primary N) is 1. The Morgan fingerprint density at radius 2 is 2.12 bits per heavy atom. The molecule has 1 aromatic carbocycles. The van der Waals surface area contributed by atoms with Crippen LogP contribution in [0.2, 0.25) is 0 Å². The van der Waals surface area contributed by atoms with Crippen LogP contribution in [0.1, 0.15) is 5.56 Å². The number of halogens is 2. The van der Waals surface area contributed by atoms with E-state index in [-0.39, 0.29) is 5.56 Å². The summed E-state index contributed by atoms with van der Waals surface area (Å²) in [6.07, 6.45) is 1.47. The number of hydrogen-bond donors (Lipinski definition) is 2. The second-order valence-corrected chi connectivity index (χ2v) is 4.58. The summed E-state index contributed by atoms with van der Waals surface area (Å²) in [5, 5.41) is 13.6. The number of phenols is 1. The molecule has 4 nitrogen and oxygen atoms in total. The molecule has 3 N–H and O–H groups in total. The lowest BCUT2D eigenvalue weighted by Crippen LogP contribution is -1.99. The van der Waals surface area contributed by atoms with Crippen molar-refractivity contribution in [1.29, 1.82) is 0 Å². The van der Waals surface area contributed by atoms with Crippen LogP contribution in [0.3, 0.4) is 0 Å². The Morgan fingerprint density at radius 3 is 2.65 bits per heavy atom. The summed E-state index contributed by atoms with van der Waals surface area (Å²) in [4.78, 5) is 0. The SMILES string of the molecule is Cc1cc(-c2cnn(C)c2N)c(F)c(O)c1Br. The minimum Gasteiger partial charge on any atom is -0.504 e. The van der Waals surface area contributed by atoms with E-state index in [2.05, 4.69) is 21.0 Å². The molecule has 0 aliphatic rings. The van der Waals surface area contributed by atoms with Gasteiger partial charge < -0.3 is 10.8 Å². The first-order valence-corrected chi connectivity index (χ1v) is 5.68. The molecule has 90 valence electrons. The van der Waals surface area contributed by atoms with Gasteiger partial charge in [0.05, 0.1) is 10.7 Å². The largest absolute Gasteiger partial charge is 0.504 e. The summed E-state index contributed by atoms with van der Waals surface area (Å²) in [6, 6.07) is 1.62. The summed E-state index contributed by atoms with van der Waals surface area (Å²) in [5.74, 6) is -0.768. The molecule has 0 saturated heterocycles. The zero-order valence-electron chi connectivity index (χ0n) is 9.33. The average molecular weight is 300 g/mol. The van der Waals surface area contributed by atoms with E-state index >= 15 is 0 Å². The van der Waals surface area contributed by atoms with E-state index < -0.39 is 11.6 Å². The van der Waals surface area contributed by atoms with E-state index in [9.17, 15) is 9.50 Å². The van der Waals surface area contributed by atoms with Crippen molar-refractivity contribution in [3.05, 3.63) is 28.1 Å². The fraction of sp³-hybridized carbons (Fsp3) is 0.182. The monoisotopic (exact) mass is 299 g/mol. The third-order valence-electron chi connectivity index (χ3n) is 2.63. The van der Waals surface area contributed by atoms with E-state index in [0.717, 1.165) is 5.56 Å². The van der Waals surface area contributed by atoms with Crippen molar-refractivity contribution in [1.82, 2.24) is 9.78 Å². The topological polar surface area (TPSA) is 64.1 Å². The molecule has 2 aromatic rings. The number of hydrogen-bond acceptors (Lipinski definition) is 3. The lowest BCUT2D eigenvalue weighted by atomic mass is 10.0. The van der Waals surface area contributed by atoms with Crippen molar-refractivity contribution in [3.63, 3.8) is 0 Å². The second kappa shape index (κ2) is 4.03. The number of anilines is 1. The zero-order valence-corrected chi connectivity index (χ0v) is 10.9. The van der Waals surface area contributed by atoms with Crippen molar-refractivity contribution in [3.8, 4) is 16.9 Å². The van der Waals surface area contributed by atoms with Crippen LogP contribution in [0.4, 0.5) is 10.2 Å². The van der Waals surface area contributed by atoms with E-state index in [4.69, 9.17) is 5.73 Å². The van der Waals surface area contributed by atoms with Gasteiger partial charge in [-0.3, -0.25) is 4.68 Å². The number of aryl methyl sites for hydroxylation is 2. The van der Waals surface area contributed by atoms with Gasteiger partial charge in [-0.1, -0.05) is 0 Å². The minimum absolute atomic E-state index is 0.244. The number of aromatic nitrogens is 2. The van der Waals surface area contributed by atoms with E-state index in [1.807, 2.05) is 0 Å². The molecule has 0 spiro atoms. The molecule has 1 aromatic heterocycles. The van der Waals surface area contributed by atoms with E-state index in [1.54, 1.807) is 20.0 Å². The summed E-state index contributed by atoms with van der Waals surface area (Å²) in [5.41, 5.74) is 7.22. The van der Waals surface area contributed by atoms with Crippen molar-refractivity contribution in [2.45, 2.75) is 6.92 Å². The Balaban J connectivity index is 2.73. The van der Waals surface area contributed by atoms with Gasteiger partial charge in [0.1, 0.15) is 5.82 Å². The second-order valence-electron chi connectivity index (χ2n) is 3.78. The molecule has 0 unspecified atom stereocenters. The van der Waals surface area contributed by atoms with Crippen molar-refractivity contribution in [2.75, 3.05) is 5.73 Å². The fourth-order valence-corrected chi connectivity index (χ4v) is 1.89. The average Bonchev–Trinajstić information content (AvgIpc) is 2.62.